The van der Waals surface area contributed by atoms with Crippen molar-refractivity contribution in [2.45, 2.75) is 31.7 Å². The molecule has 4 nitrogen and oxygen atoms in total. The molecule has 1 atom stereocenters. The number of nitrogens with one attached hydrogen (secondary N) is 1. The van der Waals surface area contributed by atoms with E-state index in [-0.39, 0.29) is 12.4 Å². The fourth-order valence-corrected chi connectivity index (χ4v) is 2.03. The average molecular weight is 268 g/mol. The molecular formula is C13H18ClN3O. The van der Waals surface area contributed by atoms with Crippen molar-refractivity contribution in [2.24, 2.45) is 0 Å². The van der Waals surface area contributed by atoms with Gasteiger partial charge in [-0.1, -0.05) is 6.42 Å². The van der Waals surface area contributed by atoms with Crippen LogP contribution in [0.5, 0.6) is 5.88 Å². The second-order valence-corrected chi connectivity index (χ2v) is 4.28. The fourth-order valence-electron chi connectivity index (χ4n) is 2.03. The molecule has 1 aliphatic heterocycles. The Hall–Kier alpha value is -1.31. The lowest BCUT2D eigenvalue weighted by atomic mass is 10.0. The summed E-state index contributed by atoms with van der Waals surface area (Å²) in [5.74, 6) is 0.542. The minimum absolute atomic E-state index is 0. The Balaban J connectivity index is 0.00000162. The van der Waals surface area contributed by atoms with Crippen molar-refractivity contribution >= 4 is 12.4 Å². The van der Waals surface area contributed by atoms with E-state index in [1.165, 1.54) is 19.3 Å². The van der Waals surface area contributed by atoms with Gasteiger partial charge in [0, 0.05) is 18.3 Å². The van der Waals surface area contributed by atoms with Crippen LogP contribution in [-0.4, -0.2) is 24.2 Å². The predicted molar refractivity (Wildman–Crippen MR) is 72.0 cm³/mol. The van der Waals surface area contributed by atoms with Gasteiger partial charge < -0.3 is 10.1 Å². The Kier molecular flexibility index (Phi) is 6.48. The third kappa shape index (κ3) is 4.52. The molecule has 1 unspecified atom stereocenters. The molecule has 1 N–H and O–H groups in total. The summed E-state index contributed by atoms with van der Waals surface area (Å²) < 4.78 is 5.55. The van der Waals surface area contributed by atoms with E-state index < -0.39 is 0 Å². The number of halogens is 1. The first-order valence-electron chi connectivity index (χ1n) is 6.11. The molecule has 1 aliphatic rings. The standard InChI is InChI=1S/C13H17N3O.ClH/c14-10-11-4-7-16-13(9-11)17-8-5-12-3-1-2-6-15-12;/h4,7,9,12,15H,1-3,5-6,8H2;1H. The molecule has 0 bridgehead atoms. The van der Waals surface area contributed by atoms with Crippen molar-refractivity contribution in [3.05, 3.63) is 23.9 Å². The minimum Gasteiger partial charge on any atom is -0.478 e. The van der Waals surface area contributed by atoms with Gasteiger partial charge in [-0.3, -0.25) is 0 Å². The first-order chi connectivity index (χ1) is 8.38. The normalized spacial score (nSPS) is 18.5. The molecule has 0 aromatic carbocycles. The molecule has 0 amide bonds. The third-order valence-electron chi connectivity index (χ3n) is 2.99. The van der Waals surface area contributed by atoms with Crippen molar-refractivity contribution in [3.8, 4) is 11.9 Å². The van der Waals surface area contributed by atoms with Crippen LogP contribution in [-0.2, 0) is 0 Å². The lowest BCUT2D eigenvalue weighted by Gasteiger charge is -2.23. The van der Waals surface area contributed by atoms with Crippen LogP contribution in [0.2, 0.25) is 0 Å². The minimum atomic E-state index is 0. The molecule has 98 valence electrons. The van der Waals surface area contributed by atoms with E-state index in [2.05, 4.69) is 16.4 Å². The molecule has 1 saturated heterocycles. The maximum Gasteiger partial charge on any atom is 0.214 e. The van der Waals surface area contributed by atoms with Crippen LogP contribution in [0, 0.1) is 11.3 Å². The summed E-state index contributed by atoms with van der Waals surface area (Å²) in [6.07, 6.45) is 6.42. The molecule has 1 aromatic rings. The summed E-state index contributed by atoms with van der Waals surface area (Å²) in [6.45, 7) is 1.77. The van der Waals surface area contributed by atoms with Gasteiger partial charge in [0.25, 0.3) is 0 Å². The summed E-state index contributed by atoms with van der Waals surface area (Å²) in [5.41, 5.74) is 0.589. The highest BCUT2D eigenvalue weighted by atomic mass is 35.5. The fraction of sp³-hybridized carbons (Fsp3) is 0.538. The number of aromatic nitrogens is 1. The lowest BCUT2D eigenvalue weighted by molar-refractivity contribution is 0.260. The van der Waals surface area contributed by atoms with Gasteiger partial charge >= 0.3 is 0 Å². The van der Waals surface area contributed by atoms with Gasteiger partial charge in [0.15, 0.2) is 0 Å². The smallest absolute Gasteiger partial charge is 0.214 e. The van der Waals surface area contributed by atoms with Crippen LogP contribution in [0.4, 0.5) is 0 Å². The predicted octanol–water partition coefficient (Wildman–Crippen LogP) is 2.29. The van der Waals surface area contributed by atoms with Crippen LogP contribution in [0.25, 0.3) is 0 Å². The summed E-state index contributed by atoms with van der Waals surface area (Å²) in [4.78, 5) is 4.08. The molecule has 2 rings (SSSR count). The van der Waals surface area contributed by atoms with E-state index in [4.69, 9.17) is 10.00 Å². The van der Waals surface area contributed by atoms with E-state index in [0.29, 0.717) is 24.1 Å². The first-order valence-corrected chi connectivity index (χ1v) is 6.11. The topological polar surface area (TPSA) is 57.9 Å². The van der Waals surface area contributed by atoms with Gasteiger partial charge in [0.2, 0.25) is 5.88 Å². The van der Waals surface area contributed by atoms with E-state index in [1.807, 2.05) is 0 Å². The highest BCUT2D eigenvalue weighted by Gasteiger charge is 2.12. The van der Waals surface area contributed by atoms with Crippen molar-refractivity contribution in [2.75, 3.05) is 13.2 Å². The lowest BCUT2D eigenvalue weighted by Crippen LogP contribution is -2.35. The monoisotopic (exact) mass is 267 g/mol. The number of nitrogens with zero attached hydrogens (tertiary/aromatic N) is 2. The summed E-state index contributed by atoms with van der Waals surface area (Å²) in [7, 11) is 0. The number of pyridine rings is 1. The summed E-state index contributed by atoms with van der Waals surface area (Å²) >= 11 is 0. The van der Waals surface area contributed by atoms with E-state index >= 15 is 0 Å². The van der Waals surface area contributed by atoms with Gasteiger partial charge in [-0.05, 0) is 31.9 Å². The van der Waals surface area contributed by atoms with Crippen LogP contribution >= 0.6 is 12.4 Å². The number of rotatable bonds is 4. The zero-order chi connectivity index (χ0) is 11.9. The molecule has 0 spiro atoms. The van der Waals surface area contributed by atoms with Gasteiger partial charge in [0.1, 0.15) is 0 Å². The Morgan fingerprint density at radius 2 is 2.39 bits per heavy atom. The molecule has 5 heteroatoms. The third-order valence-corrected chi connectivity index (χ3v) is 2.99. The summed E-state index contributed by atoms with van der Waals surface area (Å²) in [6, 6.07) is 6.00. The zero-order valence-corrected chi connectivity index (χ0v) is 11.1. The SMILES string of the molecule is Cl.N#Cc1ccnc(OCCC2CCCCN2)c1. The van der Waals surface area contributed by atoms with Crippen LogP contribution in [0.3, 0.4) is 0 Å². The quantitative estimate of drug-likeness (QED) is 0.909. The second-order valence-electron chi connectivity index (χ2n) is 4.28. The Morgan fingerprint density at radius 1 is 1.50 bits per heavy atom. The Morgan fingerprint density at radius 3 is 3.11 bits per heavy atom. The Labute approximate surface area is 114 Å². The molecule has 1 aromatic heterocycles. The van der Waals surface area contributed by atoms with Gasteiger partial charge in [-0.2, -0.15) is 5.26 Å². The van der Waals surface area contributed by atoms with Crippen molar-refractivity contribution in [3.63, 3.8) is 0 Å². The van der Waals surface area contributed by atoms with E-state index in [1.54, 1.807) is 18.3 Å². The first kappa shape index (κ1) is 14.7. The molecule has 0 radical (unpaired) electrons. The van der Waals surface area contributed by atoms with Crippen LogP contribution < -0.4 is 10.1 Å². The number of hydrogen-bond acceptors (Lipinski definition) is 4. The number of hydrogen-bond donors (Lipinski definition) is 1. The molecular weight excluding hydrogens is 250 g/mol. The van der Waals surface area contributed by atoms with Gasteiger partial charge in [-0.25, -0.2) is 4.98 Å². The molecule has 18 heavy (non-hydrogen) atoms. The second kappa shape index (κ2) is 7.91. The van der Waals surface area contributed by atoms with Crippen molar-refractivity contribution in [1.82, 2.24) is 10.3 Å². The van der Waals surface area contributed by atoms with Crippen molar-refractivity contribution < 1.29 is 4.74 Å². The molecule has 0 saturated carbocycles. The summed E-state index contributed by atoms with van der Waals surface area (Å²) in [5, 5.41) is 12.2. The number of ether oxygens (including phenoxy) is 1. The molecule has 2 heterocycles. The Bertz CT molecular complexity index is 399. The van der Waals surface area contributed by atoms with Crippen LogP contribution in [0.1, 0.15) is 31.2 Å². The van der Waals surface area contributed by atoms with E-state index in [9.17, 15) is 0 Å². The molecule has 1 fully saturated rings. The van der Waals surface area contributed by atoms with E-state index in [0.717, 1.165) is 13.0 Å². The number of nitriles is 1. The van der Waals surface area contributed by atoms with Gasteiger partial charge in [0.05, 0.1) is 18.2 Å². The van der Waals surface area contributed by atoms with Crippen molar-refractivity contribution in [1.29, 1.82) is 5.26 Å². The molecule has 0 aliphatic carbocycles. The highest BCUT2D eigenvalue weighted by Crippen LogP contribution is 2.12. The van der Waals surface area contributed by atoms with Gasteiger partial charge in [-0.15, -0.1) is 12.4 Å². The van der Waals surface area contributed by atoms with Crippen LogP contribution in [0.15, 0.2) is 18.3 Å². The maximum absolute atomic E-state index is 8.75. The zero-order valence-electron chi connectivity index (χ0n) is 10.3. The highest BCUT2D eigenvalue weighted by molar-refractivity contribution is 5.85. The number of piperidine rings is 1. The average Bonchev–Trinajstić information content (AvgIpc) is 2.40. The largest absolute Gasteiger partial charge is 0.478 e. The maximum atomic E-state index is 8.75.